The van der Waals surface area contributed by atoms with Crippen LogP contribution in [0.15, 0.2) is 34.7 Å². The zero-order chi connectivity index (χ0) is 15.7. The molecule has 0 saturated carbocycles. The zero-order valence-corrected chi connectivity index (χ0v) is 12.7. The Hall–Kier alpha value is -1.79. The third-order valence-electron chi connectivity index (χ3n) is 3.09. The van der Waals surface area contributed by atoms with Crippen LogP contribution in [0.1, 0.15) is 17.1 Å². The third-order valence-corrected chi connectivity index (χ3v) is 4.02. The highest BCUT2D eigenvalue weighted by atomic mass is 35.5. The molecule has 1 aliphatic heterocycles. The van der Waals surface area contributed by atoms with E-state index in [-0.39, 0.29) is 11.7 Å². The first-order valence-corrected chi connectivity index (χ1v) is 7.77. The SMILES string of the molecule is O=C1Nc2cc(Cl)ccc2/C1=C/c1ccc(CSC(F)F)o1. The Morgan fingerprint density at radius 2 is 2.14 bits per heavy atom. The average Bonchev–Trinajstić information content (AvgIpc) is 3.02. The summed E-state index contributed by atoms with van der Waals surface area (Å²) in [7, 11) is 0. The Morgan fingerprint density at radius 1 is 1.32 bits per heavy atom. The molecule has 0 bridgehead atoms. The highest BCUT2D eigenvalue weighted by molar-refractivity contribution is 7.98. The topological polar surface area (TPSA) is 42.2 Å². The molecule has 3 rings (SSSR count). The van der Waals surface area contributed by atoms with Gasteiger partial charge in [0.2, 0.25) is 0 Å². The van der Waals surface area contributed by atoms with Gasteiger partial charge in [0.05, 0.1) is 17.0 Å². The van der Waals surface area contributed by atoms with E-state index in [4.69, 9.17) is 16.0 Å². The molecule has 1 amide bonds. The number of nitrogens with one attached hydrogen (secondary N) is 1. The lowest BCUT2D eigenvalue weighted by Crippen LogP contribution is -2.03. The summed E-state index contributed by atoms with van der Waals surface area (Å²) >= 11 is 6.38. The summed E-state index contributed by atoms with van der Waals surface area (Å²) in [6, 6.07) is 8.38. The van der Waals surface area contributed by atoms with Crippen molar-refractivity contribution in [1.82, 2.24) is 0 Å². The lowest BCUT2D eigenvalue weighted by molar-refractivity contribution is -0.110. The van der Waals surface area contributed by atoms with Crippen molar-refractivity contribution in [3.05, 3.63) is 52.4 Å². The Balaban J connectivity index is 1.85. The van der Waals surface area contributed by atoms with Gasteiger partial charge in [0.15, 0.2) is 0 Å². The summed E-state index contributed by atoms with van der Waals surface area (Å²) in [6.07, 6.45) is 1.59. The van der Waals surface area contributed by atoms with Crippen LogP contribution in [-0.2, 0) is 10.5 Å². The maximum absolute atomic E-state index is 12.1. The normalized spacial score (nSPS) is 15.5. The summed E-state index contributed by atoms with van der Waals surface area (Å²) in [4.78, 5) is 12.0. The molecule has 2 heterocycles. The molecule has 0 saturated heterocycles. The second-order valence-electron chi connectivity index (χ2n) is 4.58. The molecule has 114 valence electrons. The molecular formula is C15H10ClF2NO2S. The number of fused-ring (bicyclic) bond motifs is 1. The quantitative estimate of drug-likeness (QED) is 0.806. The minimum atomic E-state index is -2.44. The lowest BCUT2D eigenvalue weighted by atomic mass is 10.1. The Labute approximate surface area is 134 Å². The van der Waals surface area contributed by atoms with Gasteiger partial charge in [-0.2, -0.15) is 8.78 Å². The zero-order valence-electron chi connectivity index (χ0n) is 11.1. The predicted molar refractivity (Wildman–Crippen MR) is 84.0 cm³/mol. The fourth-order valence-corrected chi connectivity index (χ4v) is 2.76. The van der Waals surface area contributed by atoms with E-state index in [2.05, 4.69) is 5.32 Å². The van der Waals surface area contributed by atoms with Gasteiger partial charge in [0.25, 0.3) is 11.7 Å². The molecule has 3 nitrogen and oxygen atoms in total. The number of alkyl halides is 2. The van der Waals surface area contributed by atoms with Gasteiger partial charge in [-0.3, -0.25) is 4.79 Å². The Kier molecular flexibility index (Phi) is 4.22. The second-order valence-corrected chi connectivity index (χ2v) is 5.99. The number of amides is 1. The number of thioether (sulfide) groups is 1. The number of hydrogen-bond donors (Lipinski definition) is 1. The molecule has 1 aromatic carbocycles. The van der Waals surface area contributed by atoms with Crippen LogP contribution in [0.3, 0.4) is 0 Å². The monoisotopic (exact) mass is 341 g/mol. The van der Waals surface area contributed by atoms with E-state index < -0.39 is 5.76 Å². The largest absolute Gasteiger partial charge is 0.461 e. The van der Waals surface area contributed by atoms with Crippen molar-refractivity contribution in [2.75, 3.05) is 5.32 Å². The maximum atomic E-state index is 12.1. The van der Waals surface area contributed by atoms with Crippen molar-refractivity contribution >= 4 is 46.6 Å². The van der Waals surface area contributed by atoms with E-state index in [1.54, 1.807) is 36.4 Å². The summed E-state index contributed by atoms with van der Waals surface area (Å²) in [5.41, 5.74) is 1.83. The van der Waals surface area contributed by atoms with Crippen molar-refractivity contribution in [3.8, 4) is 0 Å². The van der Waals surface area contributed by atoms with Crippen molar-refractivity contribution in [2.24, 2.45) is 0 Å². The molecule has 1 aromatic heterocycles. The smallest absolute Gasteiger partial charge is 0.284 e. The van der Waals surface area contributed by atoms with Gasteiger partial charge in [0, 0.05) is 10.6 Å². The maximum Gasteiger partial charge on any atom is 0.284 e. The number of carbonyl (C=O) groups is 1. The van der Waals surface area contributed by atoms with Gasteiger partial charge >= 0.3 is 0 Å². The lowest BCUT2D eigenvalue weighted by Gasteiger charge is -1.98. The average molecular weight is 342 g/mol. The molecule has 22 heavy (non-hydrogen) atoms. The van der Waals surface area contributed by atoms with E-state index in [0.717, 1.165) is 5.56 Å². The van der Waals surface area contributed by atoms with Crippen LogP contribution in [-0.4, -0.2) is 11.7 Å². The number of furan rings is 1. The van der Waals surface area contributed by atoms with E-state index in [0.29, 0.717) is 39.6 Å². The number of anilines is 1. The summed E-state index contributed by atoms with van der Waals surface area (Å²) < 4.78 is 29.7. The summed E-state index contributed by atoms with van der Waals surface area (Å²) in [6.45, 7) is 0. The van der Waals surface area contributed by atoms with Gasteiger partial charge in [0.1, 0.15) is 11.5 Å². The molecule has 2 aromatic rings. The highest BCUT2D eigenvalue weighted by Gasteiger charge is 2.24. The van der Waals surface area contributed by atoms with Crippen LogP contribution in [0.4, 0.5) is 14.5 Å². The third kappa shape index (κ3) is 3.18. The van der Waals surface area contributed by atoms with Crippen molar-refractivity contribution in [1.29, 1.82) is 0 Å². The first-order chi connectivity index (χ1) is 10.5. The molecule has 0 spiro atoms. The van der Waals surface area contributed by atoms with E-state index in [9.17, 15) is 13.6 Å². The number of hydrogen-bond acceptors (Lipinski definition) is 3. The van der Waals surface area contributed by atoms with Gasteiger partial charge < -0.3 is 9.73 Å². The molecule has 7 heteroatoms. The Morgan fingerprint density at radius 3 is 2.91 bits per heavy atom. The predicted octanol–water partition coefficient (Wildman–Crippen LogP) is 4.88. The molecule has 0 fully saturated rings. The number of carbonyl (C=O) groups excluding carboxylic acids is 1. The second kappa shape index (κ2) is 6.14. The van der Waals surface area contributed by atoms with Gasteiger partial charge in [-0.25, -0.2) is 0 Å². The van der Waals surface area contributed by atoms with Crippen LogP contribution >= 0.6 is 23.4 Å². The van der Waals surface area contributed by atoms with Crippen LogP contribution in [0, 0.1) is 0 Å². The molecule has 0 radical (unpaired) electrons. The van der Waals surface area contributed by atoms with Crippen molar-refractivity contribution < 1.29 is 18.0 Å². The molecule has 0 aliphatic carbocycles. The van der Waals surface area contributed by atoms with E-state index in [1.165, 1.54) is 0 Å². The van der Waals surface area contributed by atoms with Crippen LogP contribution in [0.5, 0.6) is 0 Å². The number of benzene rings is 1. The minimum Gasteiger partial charge on any atom is -0.461 e. The first-order valence-electron chi connectivity index (χ1n) is 6.34. The number of rotatable bonds is 4. The summed E-state index contributed by atoms with van der Waals surface area (Å²) in [5, 5.41) is 3.25. The van der Waals surface area contributed by atoms with E-state index in [1.807, 2.05) is 0 Å². The highest BCUT2D eigenvalue weighted by Crippen LogP contribution is 2.35. The van der Waals surface area contributed by atoms with Crippen LogP contribution < -0.4 is 5.32 Å². The van der Waals surface area contributed by atoms with Crippen LogP contribution in [0.25, 0.3) is 11.6 Å². The molecule has 1 aliphatic rings. The number of halogens is 3. The fourth-order valence-electron chi connectivity index (χ4n) is 2.15. The standard InChI is InChI=1S/C15H10ClF2NO2S/c16-8-1-4-11-12(14(20)19-13(11)5-8)6-9-2-3-10(21-9)7-22-15(17)18/h1-6,15H,7H2,(H,19,20)/b12-6-. The Bertz CT molecular complexity index is 758. The first kappa shape index (κ1) is 15.1. The van der Waals surface area contributed by atoms with Gasteiger partial charge in [-0.05, 0) is 30.3 Å². The van der Waals surface area contributed by atoms with Crippen molar-refractivity contribution in [3.63, 3.8) is 0 Å². The summed E-state index contributed by atoms with van der Waals surface area (Å²) in [5.74, 6) is -1.73. The van der Waals surface area contributed by atoms with Gasteiger partial charge in [-0.1, -0.05) is 29.4 Å². The van der Waals surface area contributed by atoms with E-state index >= 15 is 0 Å². The molecule has 0 unspecified atom stereocenters. The van der Waals surface area contributed by atoms with Crippen molar-refractivity contribution in [2.45, 2.75) is 11.5 Å². The van der Waals surface area contributed by atoms with Crippen LogP contribution in [0.2, 0.25) is 5.02 Å². The molecular weight excluding hydrogens is 332 g/mol. The minimum absolute atomic E-state index is 0.0826. The van der Waals surface area contributed by atoms with Gasteiger partial charge in [-0.15, -0.1) is 0 Å². The molecule has 1 N–H and O–H groups in total. The fraction of sp³-hybridized carbons (Fsp3) is 0.133. The molecule has 0 atom stereocenters.